The van der Waals surface area contributed by atoms with Crippen molar-refractivity contribution in [2.75, 3.05) is 26.3 Å². The van der Waals surface area contributed by atoms with E-state index in [1.807, 2.05) is 44.4 Å². The summed E-state index contributed by atoms with van der Waals surface area (Å²) in [4.78, 5) is 18.1. The summed E-state index contributed by atoms with van der Waals surface area (Å²) < 4.78 is 35.9. The number of hydrogen-bond donors (Lipinski definition) is 0. The number of ether oxygens (including phenoxy) is 1. The number of nitrogens with zero attached hydrogens (tertiary/aromatic N) is 3. The number of unbranched alkanes of at least 4 members (excludes halogenated alkanes) is 1. The van der Waals surface area contributed by atoms with Crippen LogP contribution in [-0.2, 0) is 21.3 Å². The van der Waals surface area contributed by atoms with Crippen LogP contribution in [0.25, 0.3) is 10.2 Å². The third-order valence-electron chi connectivity index (χ3n) is 5.55. The van der Waals surface area contributed by atoms with Gasteiger partial charge >= 0.3 is 0 Å². The van der Waals surface area contributed by atoms with Gasteiger partial charge in [-0.2, -0.15) is 9.30 Å². The van der Waals surface area contributed by atoms with E-state index in [1.165, 1.54) is 39.9 Å². The Hall–Kier alpha value is -2.33. The second-order valence-corrected chi connectivity index (χ2v) is 10.9. The largest absolute Gasteiger partial charge is 0.380 e. The normalized spacial score (nSPS) is 12.7. The Bertz CT molecular complexity index is 1290. The third kappa shape index (κ3) is 6.02. The van der Waals surface area contributed by atoms with Gasteiger partial charge in [-0.25, -0.2) is 8.42 Å². The van der Waals surface area contributed by atoms with Crippen LogP contribution in [0.2, 0.25) is 0 Å². The fourth-order valence-corrected chi connectivity index (χ4v) is 6.27. The first-order valence-corrected chi connectivity index (χ1v) is 13.9. The van der Waals surface area contributed by atoms with Crippen LogP contribution in [-0.4, -0.2) is 49.5 Å². The molecule has 1 amide bonds. The maximum Gasteiger partial charge on any atom is 0.279 e. The number of carbonyl (C=O) groups is 1. The van der Waals surface area contributed by atoms with Crippen molar-refractivity contribution in [1.29, 1.82) is 0 Å². The molecule has 1 aromatic heterocycles. The molecule has 0 bridgehead atoms. The number of fused-ring (bicyclic) bond motifs is 1. The lowest BCUT2D eigenvalue weighted by molar-refractivity contribution is 0.0996. The van der Waals surface area contributed by atoms with E-state index < -0.39 is 15.9 Å². The minimum absolute atomic E-state index is 0.186. The molecule has 0 fully saturated rings. The van der Waals surface area contributed by atoms with Gasteiger partial charge in [-0.3, -0.25) is 4.79 Å². The van der Waals surface area contributed by atoms with E-state index in [-0.39, 0.29) is 4.90 Å². The SMILES string of the molecule is CCCCN(CC)S(=O)(=O)c1ccc(C(=O)N=c2sc3cc(C)ccc3n2CCOCC)cc1. The van der Waals surface area contributed by atoms with Crippen LogP contribution in [0.15, 0.2) is 52.4 Å². The fraction of sp³-hybridized carbons (Fsp3) is 0.440. The Kier molecular flexibility index (Phi) is 9.18. The Labute approximate surface area is 205 Å². The van der Waals surface area contributed by atoms with Crippen LogP contribution < -0.4 is 4.80 Å². The van der Waals surface area contributed by atoms with E-state index >= 15 is 0 Å². The molecule has 0 saturated carbocycles. The molecule has 34 heavy (non-hydrogen) atoms. The second-order valence-electron chi connectivity index (χ2n) is 8.00. The van der Waals surface area contributed by atoms with Gasteiger partial charge in [0.1, 0.15) is 0 Å². The summed E-state index contributed by atoms with van der Waals surface area (Å²) >= 11 is 1.46. The molecule has 184 valence electrons. The number of aryl methyl sites for hydroxylation is 1. The number of thiazole rings is 1. The lowest BCUT2D eigenvalue weighted by Crippen LogP contribution is -2.31. The van der Waals surface area contributed by atoms with Gasteiger partial charge in [0.2, 0.25) is 10.0 Å². The van der Waals surface area contributed by atoms with E-state index in [0.717, 1.165) is 28.6 Å². The standard InChI is InChI=1S/C25H33N3O4S2/c1-5-8-15-27(6-2)34(30,31)21-12-10-20(11-13-21)24(29)26-25-28(16-17-32-7-3)22-14-9-19(4)18-23(22)33-25/h9-14,18H,5-8,15-17H2,1-4H3. The number of amides is 1. The van der Waals surface area contributed by atoms with Gasteiger partial charge in [-0.15, -0.1) is 0 Å². The van der Waals surface area contributed by atoms with Crippen molar-refractivity contribution in [2.24, 2.45) is 4.99 Å². The summed E-state index contributed by atoms with van der Waals surface area (Å²) in [5.41, 5.74) is 2.50. The first-order valence-electron chi connectivity index (χ1n) is 11.7. The first kappa shape index (κ1) is 26.3. The van der Waals surface area contributed by atoms with Crippen molar-refractivity contribution in [3.05, 3.63) is 58.4 Å². The van der Waals surface area contributed by atoms with Crippen LogP contribution in [0.3, 0.4) is 0 Å². The molecule has 0 saturated heterocycles. The van der Waals surface area contributed by atoms with Gasteiger partial charge in [0.15, 0.2) is 4.80 Å². The zero-order chi connectivity index (χ0) is 24.7. The van der Waals surface area contributed by atoms with Gasteiger partial charge in [0, 0.05) is 31.8 Å². The number of aromatic nitrogens is 1. The maximum atomic E-state index is 13.0. The lowest BCUT2D eigenvalue weighted by atomic mass is 10.2. The van der Waals surface area contributed by atoms with Crippen LogP contribution in [0.5, 0.6) is 0 Å². The number of hydrogen-bond acceptors (Lipinski definition) is 5. The summed E-state index contributed by atoms with van der Waals surface area (Å²) in [6.07, 6.45) is 1.73. The monoisotopic (exact) mass is 503 g/mol. The molecule has 2 aromatic carbocycles. The molecule has 9 heteroatoms. The summed E-state index contributed by atoms with van der Waals surface area (Å²) in [5.74, 6) is -0.407. The third-order valence-corrected chi connectivity index (χ3v) is 8.58. The van der Waals surface area contributed by atoms with Gasteiger partial charge in [0.25, 0.3) is 5.91 Å². The van der Waals surface area contributed by atoms with E-state index in [0.29, 0.717) is 43.2 Å². The van der Waals surface area contributed by atoms with Crippen molar-refractivity contribution < 1.29 is 17.9 Å². The highest BCUT2D eigenvalue weighted by atomic mass is 32.2. The van der Waals surface area contributed by atoms with Crippen molar-refractivity contribution >= 4 is 37.5 Å². The molecule has 0 spiro atoms. The lowest BCUT2D eigenvalue weighted by Gasteiger charge is -2.20. The molecular weight excluding hydrogens is 470 g/mol. The van der Waals surface area contributed by atoms with Crippen LogP contribution >= 0.6 is 11.3 Å². The molecule has 0 N–H and O–H groups in total. The first-order chi connectivity index (χ1) is 16.3. The quantitative estimate of drug-likeness (QED) is 0.358. The van der Waals surface area contributed by atoms with E-state index in [2.05, 4.69) is 11.1 Å². The average molecular weight is 504 g/mol. The molecular formula is C25H33N3O4S2. The maximum absolute atomic E-state index is 13.0. The van der Waals surface area contributed by atoms with Gasteiger partial charge < -0.3 is 9.30 Å². The fourth-order valence-electron chi connectivity index (χ4n) is 3.63. The highest BCUT2D eigenvalue weighted by Gasteiger charge is 2.22. The van der Waals surface area contributed by atoms with E-state index in [1.54, 1.807) is 0 Å². The second kappa shape index (κ2) is 11.9. The topological polar surface area (TPSA) is 81.0 Å². The molecule has 3 rings (SSSR count). The number of carbonyl (C=O) groups excluding carboxylic acids is 1. The molecule has 0 aliphatic carbocycles. The Morgan fingerprint density at radius 3 is 2.50 bits per heavy atom. The highest BCUT2D eigenvalue weighted by Crippen LogP contribution is 2.20. The summed E-state index contributed by atoms with van der Waals surface area (Å²) in [6.45, 7) is 10.5. The predicted octanol–water partition coefficient (Wildman–Crippen LogP) is 4.60. The predicted molar refractivity (Wildman–Crippen MR) is 137 cm³/mol. The zero-order valence-corrected chi connectivity index (χ0v) is 21.9. The van der Waals surface area contributed by atoms with Crippen LogP contribution in [0.1, 0.15) is 49.5 Å². The van der Waals surface area contributed by atoms with Crippen molar-refractivity contribution in [3.63, 3.8) is 0 Å². The Morgan fingerprint density at radius 1 is 1.12 bits per heavy atom. The molecule has 7 nitrogen and oxygen atoms in total. The van der Waals surface area contributed by atoms with E-state index in [9.17, 15) is 13.2 Å². The smallest absolute Gasteiger partial charge is 0.279 e. The summed E-state index contributed by atoms with van der Waals surface area (Å²) in [6, 6.07) is 12.2. The summed E-state index contributed by atoms with van der Waals surface area (Å²) in [7, 11) is -3.59. The highest BCUT2D eigenvalue weighted by molar-refractivity contribution is 7.89. The molecule has 0 atom stereocenters. The van der Waals surface area contributed by atoms with E-state index in [4.69, 9.17) is 4.74 Å². The van der Waals surface area contributed by atoms with Gasteiger partial charge in [0.05, 0.1) is 21.7 Å². The minimum Gasteiger partial charge on any atom is -0.380 e. The number of sulfonamides is 1. The van der Waals surface area contributed by atoms with Gasteiger partial charge in [-0.1, -0.05) is 37.7 Å². The number of rotatable bonds is 11. The molecule has 0 unspecified atom stereocenters. The van der Waals surface area contributed by atoms with Crippen LogP contribution in [0.4, 0.5) is 0 Å². The molecule has 0 radical (unpaired) electrons. The molecule has 1 heterocycles. The minimum atomic E-state index is -3.59. The van der Waals surface area contributed by atoms with Crippen molar-refractivity contribution in [3.8, 4) is 0 Å². The Morgan fingerprint density at radius 2 is 1.85 bits per heavy atom. The van der Waals surface area contributed by atoms with Crippen LogP contribution in [0, 0.1) is 6.92 Å². The van der Waals surface area contributed by atoms with Crippen molar-refractivity contribution in [1.82, 2.24) is 8.87 Å². The van der Waals surface area contributed by atoms with Crippen molar-refractivity contribution in [2.45, 2.75) is 52.0 Å². The zero-order valence-electron chi connectivity index (χ0n) is 20.3. The Balaban J connectivity index is 1.92. The summed E-state index contributed by atoms with van der Waals surface area (Å²) in [5, 5.41) is 0. The molecule has 0 aliphatic rings. The molecule has 0 aliphatic heterocycles. The average Bonchev–Trinajstić information content (AvgIpc) is 3.15. The molecule has 3 aromatic rings. The van der Waals surface area contributed by atoms with Gasteiger partial charge in [-0.05, 0) is 62.2 Å². The number of benzene rings is 2.